The molecular weight excluding hydrogens is 466 g/mol. The third kappa shape index (κ3) is 3.32. The number of phenols is 1. The fraction of sp³-hybridized carbons (Fsp3) is 0.308. The summed E-state index contributed by atoms with van der Waals surface area (Å²) in [6.45, 7) is 1.78. The molecule has 1 aliphatic heterocycles. The number of aromatic nitrogens is 3. The summed E-state index contributed by atoms with van der Waals surface area (Å²) < 4.78 is 14.3. The highest BCUT2D eigenvalue weighted by Gasteiger charge is 2.43. The first-order valence-electron chi connectivity index (χ1n) is 11.4. The summed E-state index contributed by atoms with van der Waals surface area (Å²) in [7, 11) is 4.27. The van der Waals surface area contributed by atoms with E-state index >= 15 is 0 Å². The van der Waals surface area contributed by atoms with Gasteiger partial charge >= 0.3 is 11.4 Å². The molecule has 3 aliphatic rings. The minimum atomic E-state index is -0.597. The van der Waals surface area contributed by atoms with E-state index in [1.165, 1.54) is 36.7 Å². The Bertz CT molecular complexity index is 1550. The Balaban J connectivity index is 1.67. The van der Waals surface area contributed by atoms with Gasteiger partial charge in [0.2, 0.25) is 5.75 Å². The summed E-state index contributed by atoms with van der Waals surface area (Å²) in [5.41, 5.74) is 1.58. The molecule has 0 unspecified atom stereocenters. The Kier molecular flexibility index (Phi) is 5.46. The molecule has 0 fully saturated rings. The molecule has 2 aliphatic carbocycles. The number of ketones is 2. The molecule has 0 saturated carbocycles. The van der Waals surface area contributed by atoms with Gasteiger partial charge in [-0.05, 0) is 36.3 Å². The number of rotatable bonds is 4. The van der Waals surface area contributed by atoms with Gasteiger partial charge in [0.05, 0.1) is 26.8 Å². The minimum Gasteiger partial charge on any atom is -0.502 e. The smallest absolute Gasteiger partial charge is 0.347 e. The summed E-state index contributed by atoms with van der Waals surface area (Å²) in [4.78, 5) is 51.8. The molecule has 5 rings (SSSR count). The number of hydrogen-bond acceptors (Lipinski definition) is 7. The number of Topliss-reactive ketones (excluding diaryl/α,β-unsaturated/α-hetero) is 1. The fourth-order valence-electron chi connectivity index (χ4n) is 5.24. The second-order valence-electron chi connectivity index (χ2n) is 9.00. The van der Waals surface area contributed by atoms with Gasteiger partial charge in [0, 0.05) is 36.1 Å². The van der Waals surface area contributed by atoms with Crippen molar-refractivity contribution in [2.75, 3.05) is 14.2 Å². The maximum atomic E-state index is 13.3. The van der Waals surface area contributed by atoms with Crippen LogP contribution in [0.25, 0.3) is 6.08 Å². The number of nitrogens with zero attached hydrogens (tertiary/aromatic N) is 3. The highest BCUT2D eigenvalue weighted by atomic mass is 16.5. The van der Waals surface area contributed by atoms with E-state index in [-0.39, 0.29) is 41.8 Å². The quantitative estimate of drug-likeness (QED) is 0.510. The molecule has 1 aromatic carbocycles. The van der Waals surface area contributed by atoms with Crippen molar-refractivity contribution in [2.24, 2.45) is 13.0 Å². The average Bonchev–Trinajstić information content (AvgIpc) is 3.09. The van der Waals surface area contributed by atoms with Crippen LogP contribution in [0.2, 0.25) is 0 Å². The van der Waals surface area contributed by atoms with E-state index in [2.05, 4.69) is 0 Å². The SMILES string of the molecule is COc1cc(C=C[C@H]2C3=CCn4c(=O)n(C)c(=O)n4[C@@H]3CC3=C2C(=O)C(C)=CC3=O)cc(OC)c1O. The van der Waals surface area contributed by atoms with Crippen molar-refractivity contribution in [1.29, 1.82) is 0 Å². The van der Waals surface area contributed by atoms with Crippen molar-refractivity contribution in [2.45, 2.75) is 25.9 Å². The predicted octanol–water partition coefficient (Wildman–Crippen LogP) is 1.68. The third-order valence-electron chi connectivity index (χ3n) is 7.05. The number of aromatic hydroxyl groups is 1. The fourth-order valence-corrected chi connectivity index (χ4v) is 5.24. The summed E-state index contributed by atoms with van der Waals surface area (Å²) in [5.74, 6) is -0.783. The lowest BCUT2D eigenvalue weighted by Gasteiger charge is -2.38. The van der Waals surface area contributed by atoms with Crippen LogP contribution in [-0.2, 0) is 23.2 Å². The Morgan fingerprint density at radius 3 is 2.36 bits per heavy atom. The van der Waals surface area contributed by atoms with E-state index in [1.54, 1.807) is 31.2 Å². The van der Waals surface area contributed by atoms with Crippen LogP contribution >= 0.6 is 0 Å². The molecule has 1 N–H and O–H groups in total. The van der Waals surface area contributed by atoms with Gasteiger partial charge in [0.1, 0.15) is 0 Å². The lowest BCUT2D eigenvalue weighted by Crippen LogP contribution is -2.41. The van der Waals surface area contributed by atoms with Gasteiger partial charge in [-0.2, -0.15) is 0 Å². The molecule has 2 atom stereocenters. The predicted molar refractivity (Wildman–Crippen MR) is 130 cm³/mol. The lowest BCUT2D eigenvalue weighted by atomic mass is 9.70. The second kappa shape index (κ2) is 8.40. The van der Waals surface area contributed by atoms with Crippen LogP contribution in [0.3, 0.4) is 0 Å². The van der Waals surface area contributed by atoms with Crippen molar-refractivity contribution in [3.05, 3.63) is 79.2 Å². The van der Waals surface area contributed by atoms with Crippen LogP contribution in [-0.4, -0.2) is 44.8 Å². The Morgan fingerprint density at radius 2 is 1.72 bits per heavy atom. The van der Waals surface area contributed by atoms with Crippen LogP contribution in [0, 0.1) is 5.92 Å². The van der Waals surface area contributed by atoms with E-state index < -0.39 is 23.3 Å². The van der Waals surface area contributed by atoms with Crippen LogP contribution < -0.4 is 20.9 Å². The van der Waals surface area contributed by atoms with Crippen molar-refractivity contribution in [1.82, 2.24) is 13.9 Å². The minimum absolute atomic E-state index is 0.134. The molecular formula is C26H25N3O7. The van der Waals surface area contributed by atoms with Gasteiger partial charge in [-0.15, -0.1) is 0 Å². The van der Waals surface area contributed by atoms with Gasteiger partial charge < -0.3 is 14.6 Å². The number of carbonyl (C=O) groups excluding carboxylic acids is 2. The van der Waals surface area contributed by atoms with Gasteiger partial charge in [-0.1, -0.05) is 18.2 Å². The van der Waals surface area contributed by atoms with E-state index in [0.717, 1.165) is 10.1 Å². The molecule has 1 aromatic heterocycles. The summed E-state index contributed by atoms with van der Waals surface area (Å²) in [5, 5.41) is 10.2. The number of fused-ring (bicyclic) bond motifs is 3. The number of ether oxygens (including phenoxy) is 2. The number of carbonyl (C=O) groups is 2. The van der Waals surface area contributed by atoms with Crippen LogP contribution in [0.15, 0.2) is 62.2 Å². The first-order chi connectivity index (χ1) is 17.2. The Labute approximate surface area is 205 Å². The third-order valence-corrected chi connectivity index (χ3v) is 7.05. The molecule has 0 saturated heterocycles. The van der Waals surface area contributed by atoms with Crippen molar-refractivity contribution in [3.8, 4) is 17.2 Å². The normalized spacial score (nSPS) is 21.1. The lowest BCUT2D eigenvalue weighted by molar-refractivity contribution is -0.116. The molecule has 0 spiro atoms. The number of allylic oxidation sites excluding steroid dienone is 7. The van der Waals surface area contributed by atoms with E-state index in [9.17, 15) is 24.3 Å². The molecule has 0 radical (unpaired) electrons. The summed E-state index contributed by atoms with van der Waals surface area (Å²) >= 11 is 0. The summed E-state index contributed by atoms with van der Waals surface area (Å²) in [6.07, 6.45) is 6.88. The molecule has 2 aromatic rings. The van der Waals surface area contributed by atoms with Crippen molar-refractivity contribution < 1.29 is 24.2 Å². The molecule has 0 amide bonds. The molecule has 10 heteroatoms. The molecule has 36 heavy (non-hydrogen) atoms. The number of hydrogen-bond donors (Lipinski definition) is 1. The van der Waals surface area contributed by atoms with E-state index in [1.807, 2.05) is 6.08 Å². The van der Waals surface area contributed by atoms with Gasteiger partial charge in [-0.3, -0.25) is 9.59 Å². The largest absolute Gasteiger partial charge is 0.502 e. The number of phenolic OH excluding ortho intramolecular Hbond substituents is 1. The number of methoxy groups -OCH3 is 2. The molecule has 2 heterocycles. The second-order valence-corrected chi connectivity index (χ2v) is 9.00. The van der Waals surface area contributed by atoms with Crippen LogP contribution in [0.4, 0.5) is 0 Å². The standard InChI is InChI=1S/C26H25N3O7/c1-13-9-19(30)17-12-18-15(7-8-28-25(33)27(2)26(34)29(18)28)16(22(17)23(13)31)6-5-14-10-20(35-3)24(32)21(11-14)36-4/h5-7,9-11,16,18,32H,8,12H2,1-4H3/t16-,18+/m0/s1. The van der Waals surface area contributed by atoms with Crippen LogP contribution in [0.1, 0.15) is 24.9 Å². The Hall–Kier alpha value is -4.34. The molecule has 10 nitrogen and oxygen atoms in total. The van der Waals surface area contributed by atoms with E-state index in [0.29, 0.717) is 22.3 Å². The zero-order chi connectivity index (χ0) is 25.9. The first kappa shape index (κ1) is 23.4. The molecule has 186 valence electrons. The number of benzene rings is 1. The molecule has 0 bridgehead atoms. The van der Waals surface area contributed by atoms with Gasteiger partial charge in [-0.25, -0.2) is 23.5 Å². The highest BCUT2D eigenvalue weighted by Crippen LogP contribution is 2.46. The van der Waals surface area contributed by atoms with Crippen molar-refractivity contribution in [3.63, 3.8) is 0 Å². The van der Waals surface area contributed by atoms with Gasteiger partial charge in [0.25, 0.3) is 0 Å². The summed E-state index contributed by atoms with van der Waals surface area (Å²) in [6, 6.07) is 2.66. The average molecular weight is 492 g/mol. The Morgan fingerprint density at radius 1 is 1.06 bits per heavy atom. The maximum Gasteiger partial charge on any atom is 0.347 e. The van der Waals surface area contributed by atoms with Crippen molar-refractivity contribution >= 4 is 17.6 Å². The topological polar surface area (TPSA) is 122 Å². The van der Waals surface area contributed by atoms with Gasteiger partial charge in [0.15, 0.2) is 23.1 Å². The highest BCUT2D eigenvalue weighted by molar-refractivity contribution is 6.23. The zero-order valence-electron chi connectivity index (χ0n) is 20.3. The zero-order valence-corrected chi connectivity index (χ0v) is 20.3. The monoisotopic (exact) mass is 491 g/mol. The maximum absolute atomic E-state index is 13.3. The first-order valence-corrected chi connectivity index (χ1v) is 11.4. The van der Waals surface area contributed by atoms with Crippen LogP contribution in [0.5, 0.6) is 17.2 Å². The van der Waals surface area contributed by atoms with E-state index in [4.69, 9.17) is 9.47 Å².